The molecule has 2 aromatic heterocycles. The number of aryl methyl sites for hydroxylation is 1. The van der Waals surface area contributed by atoms with Gasteiger partial charge in [-0.05, 0) is 13.0 Å². The van der Waals surface area contributed by atoms with Gasteiger partial charge in [0.05, 0.1) is 17.4 Å². The number of nitrogen functional groups attached to an aromatic ring is 1. The number of pyridine rings is 1. The number of nitrogens with one attached hydrogen (secondary N) is 1. The molecule has 8 nitrogen and oxygen atoms in total. The lowest BCUT2D eigenvalue weighted by Gasteiger charge is -2.06. The molecule has 0 aliphatic rings. The summed E-state index contributed by atoms with van der Waals surface area (Å²) in [5, 5.41) is 6.71. The van der Waals surface area contributed by atoms with E-state index < -0.39 is 5.91 Å². The van der Waals surface area contributed by atoms with Crippen LogP contribution in [0.25, 0.3) is 0 Å². The van der Waals surface area contributed by atoms with Crippen LogP contribution in [0.4, 0.5) is 11.5 Å². The van der Waals surface area contributed by atoms with Crippen LogP contribution >= 0.6 is 0 Å². The molecule has 5 N–H and O–H groups in total. The van der Waals surface area contributed by atoms with Crippen LogP contribution in [0.15, 0.2) is 16.8 Å². The molecule has 0 radical (unpaired) electrons. The highest BCUT2D eigenvalue weighted by Crippen LogP contribution is 2.14. The standard InChI is InChI=1S/C11H14N6O2/c1-6-16-10(19-17-6)2-3-14-9-4-7(11(13)18)8(12)5-15-9/h4-5H,2-3,12H2,1H3,(H2,13,18)(H,14,15). The first-order chi connectivity index (χ1) is 9.06. The zero-order valence-electron chi connectivity index (χ0n) is 10.4. The minimum absolute atomic E-state index is 0.242. The van der Waals surface area contributed by atoms with Gasteiger partial charge < -0.3 is 21.3 Å². The average Bonchev–Trinajstić information content (AvgIpc) is 2.77. The predicted molar refractivity (Wildman–Crippen MR) is 68.4 cm³/mol. The summed E-state index contributed by atoms with van der Waals surface area (Å²) in [6.45, 7) is 2.29. The Morgan fingerprint density at radius 1 is 1.53 bits per heavy atom. The first-order valence-electron chi connectivity index (χ1n) is 5.64. The van der Waals surface area contributed by atoms with Gasteiger partial charge in [0.25, 0.3) is 5.91 Å². The van der Waals surface area contributed by atoms with Crippen molar-refractivity contribution in [3.05, 3.63) is 29.5 Å². The summed E-state index contributed by atoms with van der Waals surface area (Å²) in [5.74, 6) is 1.06. The summed E-state index contributed by atoms with van der Waals surface area (Å²) < 4.78 is 4.97. The van der Waals surface area contributed by atoms with Gasteiger partial charge in [0.15, 0.2) is 5.82 Å². The Kier molecular flexibility index (Phi) is 3.60. The number of carbonyl (C=O) groups is 1. The summed E-state index contributed by atoms with van der Waals surface area (Å²) in [7, 11) is 0. The number of hydrogen-bond donors (Lipinski definition) is 3. The van der Waals surface area contributed by atoms with Crippen molar-refractivity contribution in [2.24, 2.45) is 5.73 Å². The van der Waals surface area contributed by atoms with Crippen molar-refractivity contribution in [2.75, 3.05) is 17.6 Å². The van der Waals surface area contributed by atoms with E-state index in [9.17, 15) is 4.79 Å². The van der Waals surface area contributed by atoms with Gasteiger partial charge in [0.1, 0.15) is 5.82 Å². The lowest BCUT2D eigenvalue weighted by atomic mass is 10.2. The molecule has 0 spiro atoms. The van der Waals surface area contributed by atoms with Gasteiger partial charge in [0.2, 0.25) is 5.89 Å². The van der Waals surface area contributed by atoms with Gasteiger partial charge in [-0.1, -0.05) is 5.16 Å². The van der Waals surface area contributed by atoms with Gasteiger partial charge in [-0.3, -0.25) is 4.79 Å². The molecule has 2 rings (SSSR count). The fourth-order valence-corrected chi connectivity index (χ4v) is 1.52. The molecule has 100 valence electrons. The molecule has 0 aliphatic heterocycles. The number of hydrogen-bond acceptors (Lipinski definition) is 7. The van der Waals surface area contributed by atoms with E-state index in [2.05, 4.69) is 20.4 Å². The Balaban J connectivity index is 1.96. The van der Waals surface area contributed by atoms with Crippen molar-refractivity contribution in [2.45, 2.75) is 13.3 Å². The molecule has 8 heteroatoms. The van der Waals surface area contributed by atoms with Gasteiger partial charge in [0, 0.05) is 13.0 Å². The van der Waals surface area contributed by atoms with Gasteiger partial charge >= 0.3 is 0 Å². The Bertz CT molecular complexity index is 595. The molecule has 0 bridgehead atoms. The van der Waals surface area contributed by atoms with Gasteiger partial charge in [-0.25, -0.2) is 4.98 Å². The fraction of sp³-hybridized carbons (Fsp3) is 0.273. The van der Waals surface area contributed by atoms with Crippen LogP contribution in [-0.2, 0) is 6.42 Å². The Morgan fingerprint density at radius 2 is 2.32 bits per heavy atom. The highest BCUT2D eigenvalue weighted by atomic mass is 16.5. The van der Waals surface area contributed by atoms with Gasteiger partial charge in [-0.15, -0.1) is 0 Å². The van der Waals surface area contributed by atoms with Crippen LogP contribution < -0.4 is 16.8 Å². The predicted octanol–water partition coefficient (Wildman–Crippen LogP) is 0.109. The molecule has 0 saturated heterocycles. The van der Waals surface area contributed by atoms with E-state index in [0.717, 1.165) is 0 Å². The second-order valence-corrected chi connectivity index (χ2v) is 3.93. The molecule has 0 fully saturated rings. The third-order valence-electron chi connectivity index (χ3n) is 2.41. The van der Waals surface area contributed by atoms with E-state index in [0.29, 0.717) is 30.5 Å². The molecule has 0 aliphatic carbocycles. The second-order valence-electron chi connectivity index (χ2n) is 3.93. The molecule has 0 unspecified atom stereocenters. The number of aromatic nitrogens is 3. The number of anilines is 2. The quantitative estimate of drug-likeness (QED) is 0.696. The molecule has 2 heterocycles. The lowest BCUT2D eigenvalue weighted by Crippen LogP contribution is -2.15. The van der Waals surface area contributed by atoms with Crippen LogP contribution in [-0.4, -0.2) is 27.6 Å². The second kappa shape index (κ2) is 5.34. The number of nitrogens with two attached hydrogens (primary N) is 2. The lowest BCUT2D eigenvalue weighted by molar-refractivity contribution is 0.100. The minimum Gasteiger partial charge on any atom is -0.397 e. The van der Waals surface area contributed by atoms with Crippen LogP contribution in [0.3, 0.4) is 0 Å². The third-order valence-corrected chi connectivity index (χ3v) is 2.41. The number of carbonyl (C=O) groups excluding carboxylic acids is 1. The maximum absolute atomic E-state index is 11.1. The van der Waals surface area contributed by atoms with E-state index in [4.69, 9.17) is 16.0 Å². The minimum atomic E-state index is -0.588. The summed E-state index contributed by atoms with van der Waals surface area (Å²) >= 11 is 0. The zero-order valence-corrected chi connectivity index (χ0v) is 10.4. The molecule has 2 aromatic rings. The van der Waals surface area contributed by atoms with Crippen LogP contribution in [0.1, 0.15) is 22.1 Å². The molecular weight excluding hydrogens is 248 g/mol. The van der Waals surface area contributed by atoms with E-state index in [1.165, 1.54) is 12.3 Å². The maximum atomic E-state index is 11.1. The highest BCUT2D eigenvalue weighted by molar-refractivity contribution is 5.98. The largest absolute Gasteiger partial charge is 0.397 e. The van der Waals surface area contributed by atoms with Crippen molar-refractivity contribution in [1.29, 1.82) is 0 Å². The van der Waals surface area contributed by atoms with E-state index in [1.54, 1.807) is 6.92 Å². The number of primary amides is 1. The number of amides is 1. The van der Waals surface area contributed by atoms with Crippen molar-refractivity contribution in [3.63, 3.8) is 0 Å². The smallest absolute Gasteiger partial charge is 0.250 e. The van der Waals surface area contributed by atoms with Gasteiger partial charge in [-0.2, -0.15) is 4.98 Å². The molecular formula is C11H14N6O2. The van der Waals surface area contributed by atoms with Crippen LogP contribution in [0.5, 0.6) is 0 Å². The van der Waals surface area contributed by atoms with E-state index in [-0.39, 0.29) is 11.3 Å². The monoisotopic (exact) mass is 262 g/mol. The third kappa shape index (κ3) is 3.18. The van der Waals surface area contributed by atoms with Crippen molar-refractivity contribution >= 4 is 17.4 Å². The first-order valence-corrected chi connectivity index (χ1v) is 5.64. The Hall–Kier alpha value is -2.64. The SMILES string of the molecule is Cc1noc(CCNc2cc(C(N)=O)c(N)cn2)n1. The van der Waals surface area contributed by atoms with Crippen molar-refractivity contribution < 1.29 is 9.32 Å². The average molecular weight is 262 g/mol. The molecule has 0 aromatic carbocycles. The summed E-state index contributed by atoms with van der Waals surface area (Å²) in [6, 6.07) is 1.51. The summed E-state index contributed by atoms with van der Waals surface area (Å²) in [4.78, 5) is 19.2. The van der Waals surface area contributed by atoms with E-state index in [1.807, 2.05) is 0 Å². The molecule has 0 atom stereocenters. The summed E-state index contributed by atoms with van der Waals surface area (Å²) in [6.07, 6.45) is 1.94. The summed E-state index contributed by atoms with van der Waals surface area (Å²) in [5.41, 5.74) is 11.3. The van der Waals surface area contributed by atoms with E-state index >= 15 is 0 Å². The number of nitrogens with zero attached hydrogens (tertiary/aromatic N) is 3. The topological polar surface area (TPSA) is 133 Å². The van der Waals surface area contributed by atoms with Crippen LogP contribution in [0, 0.1) is 6.92 Å². The van der Waals surface area contributed by atoms with Crippen molar-refractivity contribution in [1.82, 2.24) is 15.1 Å². The van der Waals surface area contributed by atoms with Crippen LogP contribution in [0.2, 0.25) is 0 Å². The maximum Gasteiger partial charge on any atom is 0.250 e. The first kappa shape index (κ1) is 12.8. The van der Waals surface area contributed by atoms with Crippen molar-refractivity contribution in [3.8, 4) is 0 Å². The normalized spacial score (nSPS) is 10.4. The molecule has 1 amide bonds. The Morgan fingerprint density at radius 3 is 2.95 bits per heavy atom. The number of rotatable bonds is 5. The Labute approximate surface area is 109 Å². The molecule has 19 heavy (non-hydrogen) atoms. The fourth-order valence-electron chi connectivity index (χ4n) is 1.52. The zero-order chi connectivity index (χ0) is 13.8. The highest BCUT2D eigenvalue weighted by Gasteiger charge is 2.08. The molecule has 0 saturated carbocycles.